The van der Waals surface area contributed by atoms with Gasteiger partial charge >= 0.3 is 0 Å². The summed E-state index contributed by atoms with van der Waals surface area (Å²) in [5.74, 6) is -0.202. The van der Waals surface area contributed by atoms with Crippen molar-refractivity contribution in [1.82, 2.24) is 10.2 Å². The Morgan fingerprint density at radius 3 is 2.09 bits per heavy atom. The summed E-state index contributed by atoms with van der Waals surface area (Å²) in [6.07, 6.45) is 0.340. The molecule has 0 radical (unpaired) electrons. The molecule has 0 aromatic heterocycles. The summed E-state index contributed by atoms with van der Waals surface area (Å²) in [5, 5.41) is 2.98. The zero-order chi connectivity index (χ0) is 31.9. The number of carbonyl (C=O) groups is 2. The first kappa shape index (κ1) is 33.5. The highest BCUT2D eigenvalue weighted by atomic mass is 32.2. The van der Waals surface area contributed by atoms with E-state index in [-0.39, 0.29) is 23.1 Å². The lowest BCUT2D eigenvalue weighted by Crippen LogP contribution is -2.55. The molecule has 0 aliphatic rings. The summed E-state index contributed by atoms with van der Waals surface area (Å²) in [7, 11) is -1.38. The number of nitrogens with one attached hydrogen (secondary N) is 1. The Balaban J connectivity index is 2.11. The molecule has 0 heterocycles. The standard InChI is InChI=1S/C33H43N3O6S/c1-9-28(32(38)34-33(4,5)6)35(21-25-12-10-11-24(3)19-25)31(37)22-36(26-15-13-23(2)14-16-26)43(39,40)27-17-18-29(41-7)30(20-27)42-8/h10-20,28H,9,21-22H2,1-8H3,(H,34,38). The van der Waals surface area contributed by atoms with Gasteiger partial charge < -0.3 is 19.7 Å². The van der Waals surface area contributed by atoms with Crippen LogP contribution in [0.15, 0.2) is 71.6 Å². The van der Waals surface area contributed by atoms with Crippen LogP contribution in [0, 0.1) is 13.8 Å². The first-order valence-corrected chi connectivity index (χ1v) is 15.6. The minimum atomic E-state index is -4.26. The van der Waals surface area contributed by atoms with E-state index in [1.54, 1.807) is 24.3 Å². The molecule has 0 spiro atoms. The molecule has 3 aromatic rings. The molecule has 0 saturated heterocycles. The molecule has 1 unspecified atom stereocenters. The highest BCUT2D eigenvalue weighted by Crippen LogP contribution is 2.32. The molecule has 10 heteroatoms. The summed E-state index contributed by atoms with van der Waals surface area (Å²) in [6.45, 7) is 10.9. The van der Waals surface area contributed by atoms with Crippen molar-refractivity contribution in [2.45, 2.75) is 71.0 Å². The van der Waals surface area contributed by atoms with E-state index in [1.165, 1.54) is 37.3 Å². The monoisotopic (exact) mass is 609 g/mol. The topological polar surface area (TPSA) is 105 Å². The van der Waals surface area contributed by atoms with E-state index in [4.69, 9.17) is 9.47 Å². The lowest BCUT2D eigenvalue weighted by atomic mass is 10.0. The van der Waals surface area contributed by atoms with E-state index >= 15 is 0 Å². The van der Waals surface area contributed by atoms with Gasteiger partial charge in [0, 0.05) is 18.2 Å². The van der Waals surface area contributed by atoms with Gasteiger partial charge in [-0.25, -0.2) is 8.42 Å². The van der Waals surface area contributed by atoms with E-state index in [9.17, 15) is 18.0 Å². The third kappa shape index (κ3) is 8.50. The molecule has 2 amide bonds. The molecule has 43 heavy (non-hydrogen) atoms. The molecular formula is C33H43N3O6S. The number of aryl methyl sites for hydroxylation is 2. The predicted molar refractivity (Wildman–Crippen MR) is 169 cm³/mol. The number of nitrogens with zero attached hydrogens (tertiary/aromatic N) is 2. The van der Waals surface area contributed by atoms with Crippen molar-refractivity contribution in [3.8, 4) is 11.5 Å². The zero-order valence-corrected chi connectivity index (χ0v) is 27.1. The van der Waals surface area contributed by atoms with E-state index < -0.39 is 34.1 Å². The molecule has 0 saturated carbocycles. The highest BCUT2D eigenvalue weighted by molar-refractivity contribution is 7.92. The van der Waals surface area contributed by atoms with Gasteiger partial charge in [0.1, 0.15) is 12.6 Å². The SMILES string of the molecule is CCC(C(=O)NC(C)(C)C)N(Cc1cccc(C)c1)C(=O)CN(c1ccc(C)cc1)S(=O)(=O)c1ccc(OC)c(OC)c1. The maximum absolute atomic E-state index is 14.3. The number of hydrogen-bond acceptors (Lipinski definition) is 6. The van der Waals surface area contributed by atoms with E-state index in [0.29, 0.717) is 17.9 Å². The number of ether oxygens (including phenoxy) is 2. The van der Waals surface area contributed by atoms with Crippen LogP contribution in [-0.4, -0.2) is 57.5 Å². The fourth-order valence-corrected chi connectivity index (χ4v) is 6.15. The van der Waals surface area contributed by atoms with Crippen molar-refractivity contribution >= 4 is 27.5 Å². The second kappa shape index (κ2) is 13.9. The molecule has 3 rings (SSSR count). The molecule has 3 aromatic carbocycles. The van der Waals surface area contributed by atoms with Gasteiger partial charge in [-0.05, 0) is 70.9 Å². The Hall–Kier alpha value is -4.05. The number of anilines is 1. The minimum Gasteiger partial charge on any atom is -0.493 e. The molecule has 232 valence electrons. The van der Waals surface area contributed by atoms with Gasteiger partial charge in [-0.15, -0.1) is 0 Å². The Labute approximate surface area is 255 Å². The zero-order valence-electron chi connectivity index (χ0n) is 26.3. The lowest BCUT2D eigenvalue weighted by molar-refractivity contribution is -0.141. The second-order valence-electron chi connectivity index (χ2n) is 11.5. The van der Waals surface area contributed by atoms with E-state index in [2.05, 4.69) is 5.32 Å². The lowest BCUT2D eigenvalue weighted by Gasteiger charge is -2.35. The number of rotatable bonds is 12. The summed E-state index contributed by atoms with van der Waals surface area (Å²) in [4.78, 5) is 29.1. The van der Waals surface area contributed by atoms with Crippen LogP contribution in [0.25, 0.3) is 0 Å². The van der Waals surface area contributed by atoms with E-state index in [0.717, 1.165) is 21.0 Å². The first-order chi connectivity index (χ1) is 20.2. The average Bonchev–Trinajstić information content (AvgIpc) is 2.94. The largest absolute Gasteiger partial charge is 0.493 e. The van der Waals surface area contributed by atoms with Crippen LogP contribution in [0.4, 0.5) is 5.69 Å². The van der Waals surface area contributed by atoms with Crippen LogP contribution in [-0.2, 0) is 26.2 Å². The number of amides is 2. The molecule has 0 aliphatic carbocycles. The van der Waals surface area contributed by atoms with Gasteiger partial charge in [0.05, 0.1) is 24.8 Å². The van der Waals surface area contributed by atoms with Crippen molar-refractivity contribution in [2.24, 2.45) is 0 Å². The van der Waals surface area contributed by atoms with Crippen molar-refractivity contribution < 1.29 is 27.5 Å². The number of benzene rings is 3. The van der Waals surface area contributed by atoms with Gasteiger partial charge in [-0.2, -0.15) is 0 Å². The first-order valence-electron chi connectivity index (χ1n) is 14.2. The number of sulfonamides is 1. The van der Waals surface area contributed by atoms with Gasteiger partial charge in [-0.1, -0.05) is 54.4 Å². The molecule has 0 aliphatic heterocycles. The van der Waals surface area contributed by atoms with Crippen molar-refractivity contribution in [1.29, 1.82) is 0 Å². The van der Waals surface area contributed by atoms with Crippen LogP contribution in [0.3, 0.4) is 0 Å². The summed E-state index contributed by atoms with van der Waals surface area (Å²) < 4.78 is 40.1. The summed E-state index contributed by atoms with van der Waals surface area (Å²) >= 11 is 0. The minimum absolute atomic E-state index is 0.0683. The highest BCUT2D eigenvalue weighted by Gasteiger charge is 2.35. The van der Waals surface area contributed by atoms with Gasteiger partial charge in [0.25, 0.3) is 10.0 Å². The second-order valence-corrected chi connectivity index (χ2v) is 13.4. The van der Waals surface area contributed by atoms with Crippen LogP contribution in [0.2, 0.25) is 0 Å². The fourth-order valence-electron chi connectivity index (χ4n) is 4.72. The van der Waals surface area contributed by atoms with E-state index in [1.807, 2.05) is 65.8 Å². The summed E-state index contributed by atoms with van der Waals surface area (Å²) in [5.41, 5.74) is 2.57. The fraction of sp³-hybridized carbons (Fsp3) is 0.394. The van der Waals surface area contributed by atoms with Gasteiger partial charge in [0.15, 0.2) is 11.5 Å². The molecule has 9 nitrogen and oxygen atoms in total. The van der Waals surface area contributed by atoms with Gasteiger partial charge in [0.2, 0.25) is 11.8 Å². The number of carbonyl (C=O) groups excluding carboxylic acids is 2. The Morgan fingerprint density at radius 1 is 0.884 bits per heavy atom. The Kier molecular flexibility index (Phi) is 10.9. The quantitative estimate of drug-likeness (QED) is 0.301. The molecule has 0 fully saturated rings. The van der Waals surface area contributed by atoms with Crippen LogP contribution < -0.4 is 19.1 Å². The molecule has 1 N–H and O–H groups in total. The maximum Gasteiger partial charge on any atom is 0.264 e. The van der Waals surface area contributed by atoms with Crippen LogP contribution >= 0.6 is 0 Å². The van der Waals surface area contributed by atoms with Gasteiger partial charge in [-0.3, -0.25) is 13.9 Å². The third-order valence-electron chi connectivity index (χ3n) is 6.86. The average molecular weight is 610 g/mol. The number of hydrogen-bond donors (Lipinski definition) is 1. The normalized spacial score (nSPS) is 12.3. The van der Waals surface area contributed by atoms with Crippen LogP contribution in [0.1, 0.15) is 50.8 Å². The van der Waals surface area contributed by atoms with Crippen LogP contribution in [0.5, 0.6) is 11.5 Å². The molecule has 0 bridgehead atoms. The molecule has 1 atom stereocenters. The smallest absolute Gasteiger partial charge is 0.264 e. The van der Waals surface area contributed by atoms with Crippen molar-refractivity contribution in [3.05, 3.63) is 83.4 Å². The van der Waals surface area contributed by atoms with Crippen molar-refractivity contribution in [2.75, 3.05) is 25.1 Å². The van der Waals surface area contributed by atoms with Crippen molar-refractivity contribution in [3.63, 3.8) is 0 Å². The Morgan fingerprint density at radius 2 is 1.53 bits per heavy atom. The summed E-state index contributed by atoms with van der Waals surface area (Å²) in [6, 6.07) is 18.1. The third-order valence-corrected chi connectivity index (χ3v) is 8.63. The Bertz CT molecular complexity index is 1530. The molecular weight excluding hydrogens is 566 g/mol. The predicted octanol–water partition coefficient (Wildman–Crippen LogP) is 5.24. The maximum atomic E-state index is 14.3. The number of methoxy groups -OCH3 is 2.